The molecular weight excluding hydrogens is 366 g/mol. The molecule has 0 saturated carbocycles. The highest BCUT2D eigenvalue weighted by molar-refractivity contribution is 6.35. The van der Waals surface area contributed by atoms with Gasteiger partial charge in [0.25, 0.3) is 0 Å². The van der Waals surface area contributed by atoms with Crippen molar-refractivity contribution >= 4 is 22.5 Å². The van der Waals surface area contributed by atoms with Gasteiger partial charge in [0.05, 0.1) is 28.9 Å². The summed E-state index contributed by atoms with van der Waals surface area (Å²) in [4.78, 5) is 6.97. The Morgan fingerprint density at radius 1 is 1.33 bits per heavy atom. The Hall–Kier alpha value is -1.96. The van der Waals surface area contributed by atoms with E-state index in [1.807, 2.05) is 29.9 Å². The summed E-state index contributed by atoms with van der Waals surface area (Å²) in [6.07, 6.45) is 3.97. The summed E-state index contributed by atoms with van der Waals surface area (Å²) >= 11 is 6.47. The highest BCUT2D eigenvalue weighted by atomic mass is 35.5. The Kier molecular flexibility index (Phi) is 5.43. The molecule has 144 valence electrons. The lowest BCUT2D eigenvalue weighted by molar-refractivity contribution is 0.110. The Labute approximate surface area is 163 Å². The van der Waals surface area contributed by atoms with Gasteiger partial charge in [-0.25, -0.2) is 0 Å². The lowest BCUT2D eigenvalue weighted by Crippen LogP contribution is -2.33. The maximum atomic E-state index is 6.47. The minimum absolute atomic E-state index is 0.113. The summed E-state index contributed by atoms with van der Waals surface area (Å²) < 4.78 is 12.6. The molecule has 0 N–H and O–H groups in total. The average molecular weight is 390 g/mol. The zero-order valence-corrected chi connectivity index (χ0v) is 16.4. The van der Waals surface area contributed by atoms with Crippen molar-refractivity contribution in [2.45, 2.75) is 38.3 Å². The molecule has 1 aromatic carbocycles. The number of hydrogen-bond acceptors (Lipinski definition) is 6. The first-order valence-corrected chi connectivity index (χ1v) is 9.70. The van der Waals surface area contributed by atoms with Gasteiger partial charge in [-0.2, -0.15) is 10.1 Å². The fourth-order valence-electron chi connectivity index (χ4n) is 3.81. The van der Waals surface area contributed by atoms with Crippen LogP contribution in [0.5, 0.6) is 0 Å². The molecule has 0 spiro atoms. The van der Waals surface area contributed by atoms with Gasteiger partial charge in [0.1, 0.15) is 0 Å². The summed E-state index contributed by atoms with van der Waals surface area (Å²) in [5, 5.41) is 10.6. The van der Waals surface area contributed by atoms with Crippen molar-refractivity contribution in [1.29, 1.82) is 0 Å². The van der Waals surface area contributed by atoms with Gasteiger partial charge in [-0.05, 0) is 31.5 Å². The van der Waals surface area contributed by atoms with Crippen LogP contribution in [-0.2, 0) is 24.8 Å². The number of ether oxygens (including phenoxy) is 1. The summed E-state index contributed by atoms with van der Waals surface area (Å²) in [6, 6.07) is 6.04. The zero-order chi connectivity index (χ0) is 18.8. The normalized spacial score (nSPS) is 18.4. The molecule has 1 unspecified atom stereocenters. The van der Waals surface area contributed by atoms with Crippen LogP contribution in [0.4, 0.5) is 0 Å². The lowest BCUT2D eigenvalue weighted by atomic mass is 10.0. The molecule has 4 rings (SSSR count). The van der Waals surface area contributed by atoms with Crippen molar-refractivity contribution < 1.29 is 9.26 Å². The number of benzene rings is 1. The number of halogens is 1. The third-order valence-corrected chi connectivity index (χ3v) is 5.48. The van der Waals surface area contributed by atoms with E-state index < -0.39 is 0 Å². The number of piperidine rings is 1. The molecule has 1 aliphatic rings. The van der Waals surface area contributed by atoms with E-state index in [9.17, 15) is 0 Å². The highest BCUT2D eigenvalue weighted by Gasteiger charge is 2.30. The molecule has 7 nitrogen and oxygen atoms in total. The number of hydrogen-bond donors (Lipinski definition) is 0. The van der Waals surface area contributed by atoms with E-state index in [1.165, 1.54) is 0 Å². The topological polar surface area (TPSA) is 69.2 Å². The lowest BCUT2D eigenvalue weighted by Gasteiger charge is -2.32. The predicted molar refractivity (Wildman–Crippen MR) is 103 cm³/mol. The Morgan fingerprint density at radius 2 is 2.22 bits per heavy atom. The van der Waals surface area contributed by atoms with Gasteiger partial charge in [-0.15, -0.1) is 0 Å². The second kappa shape index (κ2) is 7.96. The Morgan fingerprint density at radius 3 is 3.07 bits per heavy atom. The van der Waals surface area contributed by atoms with E-state index >= 15 is 0 Å². The van der Waals surface area contributed by atoms with Crippen LogP contribution in [-0.4, -0.2) is 45.1 Å². The molecule has 1 atom stereocenters. The van der Waals surface area contributed by atoms with E-state index in [0.717, 1.165) is 47.4 Å². The van der Waals surface area contributed by atoms with Crippen LogP contribution >= 0.6 is 11.6 Å². The van der Waals surface area contributed by atoms with Gasteiger partial charge < -0.3 is 9.26 Å². The molecule has 0 bridgehead atoms. The first kappa shape index (κ1) is 18.4. The number of rotatable bonds is 6. The Bertz CT molecular complexity index is 922. The minimum atomic E-state index is 0.113. The fraction of sp³-hybridized carbons (Fsp3) is 0.526. The molecule has 3 aromatic rings. The van der Waals surface area contributed by atoms with Crippen LogP contribution in [0.25, 0.3) is 10.9 Å². The fourth-order valence-corrected chi connectivity index (χ4v) is 4.09. The molecule has 1 fully saturated rings. The molecule has 3 heterocycles. The molecule has 27 heavy (non-hydrogen) atoms. The number of aryl methyl sites for hydroxylation is 1. The molecular formula is C19H24ClN5O2. The first-order chi connectivity index (χ1) is 13.2. The minimum Gasteiger partial charge on any atom is -0.384 e. The van der Waals surface area contributed by atoms with Gasteiger partial charge >= 0.3 is 0 Å². The van der Waals surface area contributed by atoms with Crippen LogP contribution in [0, 0.1) is 0 Å². The molecule has 0 amide bonds. The monoisotopic (exact) mass is 389 g/mol. The van der Waals surface area contributed by atoms with Gasteiger partial charge in [0.2, 0.25) is 5.89 Å². The van der Waals surface area contributed by atoms with Gasteiger partial charge in [0, 0.05) is 32.5 Å². The van der Waals surface area contributed by atoms with E-state index in [2.05, 4.69) is 15.0 Å². The maximum Gasteiger partial charge on any atom is 0.244 e. The van der Waals surface area contributed by atoms with Crippen LogP contribution in [0.2, 0.25) is 5.02 Å². The Balaban J connectivity index is 1.59. The summed E-state index contributed by atoms with van der Waals surface area (Å²) in [5.74, 6) is 1.39. The van der Waals surface area contributed by atoms with Crippen LogP contribution in [0.15, 0.2) is 22.7 Å². The van der Waals surface area contributed by atoms with Crippen molar-refractivity contribution in [3.05, 3.63) is 40.6 Å². The van der Waals surface area contributed by atoms with E-state index in [-0.39, 0.29) is 6.04 Å². The van der Waals surface area contributed by atoms with Crippen molar-refractivity contribution in [3.63, 3.8) is 0 Å². The largest absolute Gasteiger partial charge is 0.384 e. The number of nitrogens with zero attached hydrogens (tertiary/aromatic N) is 5. The predicted octanol–water partition coefficient (Wildman–Crippen LogP) is 3.53. The van der Waals surface area contributed by atoms with Gasteiger partial charge in [-0.1, -0.05) is 29.2 Å². The molecule has 1 aliphatic heterocycles. The van der Waals surface area contributed by atoms with Crippen LogP contribution < -0.4 is 0 Å². The van der Waals surface area contributed by atoms with Crippen LogP contribution in [0.1, 0.15) is 42.7 Å². The molecule has 2 aromatic heterocycles. The number of likely N-dealkylation sites (tertiary alicyclic amines) is 1. The molecule has 0 aliphatic carbocycles. The number of aromatic nitrogens is 4. The quantitative estimate of drug-likeness (QED) is 0.642. The zero-order valence-electron chi connectivity index (χ0n) is 15.7. The second-order valence-corrected chi connectivity index (χ2v) is 7.39. The van der Waals surface area contributed by atoms with Crippen molar-refractivity contribution in [1.82, 2.24) is 24.8 Å². The molecule has 1 saturated heterocycles. The van der Waals surface area contributed by atoms with Gasteiger partial charge in [0.15, 0.2) is 5.82 Å². The maximum absolute atomic E-state index is 6.47. The van der Waals surface area contributed by atoms with Crippen molar-refractivity contribution in [2.24, 2.45) is 7.05 Å². The van der Waals surface area contributed by atoms with E-state index in [1.54, 1.807) is 7.11 Å². The smallest absolute Gasteiger partial charge is 0.244 e. The number of methoxy groups -OCH3 is 1. The SMILES string of the molecule is COCCc1noc(C2CCCCN2Cc2nn(C)c3cccc(Cl)c23)n1. The molecule has 0 radical (unpaired) electrons. The summed E-state index contributed by atoms with van der Waals surface area (Å²) in [6.45, 7) is 2.27. The second-order valence-electron chi connectivity index (χ2n) is 6.98. The van der Waals surface area contributed by atoms with E-state index in [0.29, 0.717) is 31.3 Å². The van der Waals surface area contributed by atoms with Crippen LogP contribution in [0.3, 0.4) is 0 Å². The highest BCUT2D eigenvalue weighted by Crippen LogP contribution is 2.33. The third-order valence-electron chi connectivity index (χ3n) is 5.16. The van der Waals surface area contributed by atoms with E-state index in [4.69, 9.17) is 26.0 Å². The van der Waals surface area contributed by atoms with Gasteiger partial charge in [-0.3, -0.25) is 9.58 Å². The average Bonchev–Trinajstić information content (AvgIpc) is 3.26. The summed E-state index contributed by atoms with van der Waals surface area (Å²) in [5.41, 5.74) is 2.04. The summed E-state index contributed by atoms with van der Waals surface area (Å²) in [7, 11) is 3.63. The van der Waals surface area contributed by atoms with Crippen molar-refractivity contribution in [2.75, 3.05) is 20.3 Å². The number of fused-ring (bicyclic) bond motifs is 1. The standard InChI is InChI=1S/C19H24ClN5O2/c1-24-15-8-5-6-13(20)18(15)14(22-24)12-25-10-4-3-7-16(25)19-21-17(23-27-19)9-11-26-2/h5-6,8,16H,3-4,7,9-12H2,1-2H3. The molecule has 8 heteroatoms. The third kappa shape index (κ3) is 3.72. The first-order valence-electron chi connectivity index (χ1n) is 9.33. The van der Waals surface area contributed by atoms with Crippen molar-refractivity contribution in [3.8, 4) is 0 Å².